The molecule has 7 heteroatoms. The van der Waals surface area contributed by atoms with Crippen molar-refractivity contribution in [3.8, 4) is 0 Å². The van der Waals surface area contributed by atoms with Crippen LogP contribution in [0.1, 0.15) is 12.8 Å². The summed E-state index contributed by atoms with van der Waals surface area (Å²) in [7, 11) is 0. The maximum Gasteiger partial charge on any atom is 0.292 e. The highest BCUT2D eigenvalue weighted by Gasteiger charge is 2.11. The lowest BCUT2D eigenvalue weighted by atomic mass is 10.2. The van der Waals surface area contributed by atoms with Crippen molar-refractivity contribution in [1.29, 1.82) is 0 Å². The summed E-state index contributed by atoms with van der Waals surface area (Å²) < 4.78 is 0. The monoisotopic (exact) mass is 359 g/mol. The van der Waals surface area contributed by atoms with E-state index in [0.717, 1.165) is 12.2 Å². The number of nitrogens with one attached hydrogen (secondary N) is 2. The topological polar surface area (TPSA) is 84.3 Å². The molecule has 2 aromatic rings. The van der Waals surface area contributed by atoms with Crippen LogP contribution in [-0.2, 0) is 4.79 Å². The summed E-state index contributed by atoms with van der Waals surface area (Å²) in [5.41, 5.74) is 0.445. The molecular weight excluding hydrogens is 338 g/mol. The van der Waals surface area contributed by atoms with Crippen LogP contribution in [0.15, 0.2) is 59.5 Å². The fourth-order valence-electron chi connectivity index (χ4n) is 2.19. The van der Waals surface area contributed by atoms with Crippen LogP contribution < -0.4 is 10.6 Å². The van der Waals surface area contributed by atoms with E-state index in [1.165, 1.54) is 11.0 Å². The summed E-state index contributed by atoms with van der Waals surface area (Å²) in [6.07, 6.45) is 1.17. The number of nitro groups is 1. The molecule has 0 bridgehead atoms. The average Bonchev–Trinajstić information content (AvgIpc) is 2.62. The van der Waals surface area contributed by atoms with E-state index in [1.807, 2.05) is 18.2 Å². The van der Waals surface area contributed by atoms with Crippen LogP contribution in [-0.4, -0.2) is 29.7 Å². The molecule has 0 unspecified atom stereocenters. The molecular formula is C18H21N3O3S. The van der Waals surface area contributed by atoms with Crippen molar-refractivity contribution in [1.82, 2.24) is 5.32 Å². The van der Waals surface area contributed by atoms with E-state index in [-0.39, 0.29) is 18.0 Å². The van der Waals surface area contributed by atoms with Gasteiger partial charge in [0, 0.05) is 30.5 Å². The summed E-state index contributed by atoms with van der Waals surface area (Å²) in [6, 6.07) is 16.5. The molecule has 0 saturated heterocycles. The molecule has 0 spiro atoms. The second-order valence-electron chi connectivity index (χ2n) is 5.32. The highest BCUT2D eigenvalue weighted by molar-refractivity contribution is 7.99. The number of benzene rings is 2. The third kappa shape index (κ3) is 6.84. The number of nitrogens with zero attached hydrogens (tertiary/aromatic N) is 1. The molecule has 0 fully saturated rings. The molecule has 6 nitrogen and oxygen atoms in total. The first-order valence-corrected chi connectivity index (χ1v) is 9.07. The van der Waals surface area contributed by atoms with Gasteiger partial charge in [0.05, 0.1) is 4.92 Å². The quantitative estimate of drug-likeness (QED) is 0.292. The van der Waals surface area contributed by atoms with Gasteiger partial charge >= 0.3 is 0 Å². The van der Waals surface area contributed by atoms with Crippen LogP contribution in [0.2, 0.25) is 0 Å². The molecule has 0 atom stereocenters. The van der Waals surface area contributed by atoms with E-state index < -0.39 is 4.92 Å². The second kappa shape index (κ2) is 10.4. The number of carbonyl (C=O) groups excluding carboxylic acids is 1. The normalized spacial score (nSPS) is 10.2. The van der Waals surface area contributed by atoms with Gasteiger partial charge in [0.15, 0.2) is 0 Å². The van der Waals surface area contributed by atoms with E-state index >= 15 is 0 Å². The number of anilines is 1. The van der Waals surface area contributed by atoms with Crippen molar-refractivity contribution in [2.24, 2.45) is 0 Å². The fourth-order valence-corrected chi connectivity index (χ4v) is 3.06. The second-order valence-corrected chi connectivity index (χ2v) is 6.48. The molecule has 0 heterocycles. The zero-order chi connectivity index (χ0) is 17.9. The van der Waals surface area contributed by atoms with Crippen molar-refractivity contribution in [3.05, 3.63) is 64.7 Å². The van der Waals surface area contributed by atoms with Crippen molar-refractivity contribution in [2.75, 3.05) is 24.2 Å². The van der Waals surface area contributed by atoms with Gasteiger partial charge in [-0.15, -0.1) is 11.8 Å². The van der Waals surface area contributed by atoms with Gasteiger partial charge in [-0.1, -0.05) is 30.3 Å². The SMILES string of the molecule is O=C(CCNc1ccccc1[N+](=O)[O-])NCCCSc1ccccc1. The summed E-state index contributed by atoms with van der Waals surface area (Å²) in [5.74, 6) is 0.884. The Labute approximate surface area is 151 Å². The molecule has 25 heavy (non-hydrogen) atoms. The molecule has 0 saturated carbocycles. The number of hydrogen-bond acceptors (Lipinski definition) is 5. The predicted octanol–water partition coefficient (Wildman–Crippen LogP) is 3.70. The molecule has 2 N–H and O–H groups in total. The van der Waals surface area contributed by atoms with Crippen LogP contribution >= 0.6 is 11.8 Å². The van der Waals surface area contributed by atoms with Crippen LogP contribution in [0, 0.1) is 10.1 Å². The summed E-state index contributed by atoms with van der Waals surface area (Å²) in [6.45, 7) is 0.986. The molecule has 0 aliphatic carbocycles. The van der Waals surface area contributed by atoms with Crippen LogP contribution in [0.5, 0.6) is 0 Å². The van der Waals surface area contributed by atoms with Gasteiger partial charge in [-0.2, -0.15) is 0 Å². The van der Waals surface area contributed by atoms with Gasteiger partial charge in [-0.25, -0.2) is 0 Å². The van der Waals surface area contributed by atoms with Gasteiger partial charge in [0.1, 0.15) is 5.69 Å². The zero-order valence-electron chi connectivity index (χ0n) is 13.8. The Kier molecular flexibility index (Phi) is 7.78. The minimum atomic E-state index is -0.438. The number of rotatable bonds is 10. The molecule has 2 rings (SSSR count). The third-order valence-electron chi connectivity index (χ3n) is 3.42. The average molecular weight is 359 g/mol. The molecule has 1 amide bonds. The minimum absolute atomic E-state index is 0.0147. The Balaban J connectivity index is 1.59. The first-order valence-electron chi connectivity index (χ1n) is 8.08. The smallest absolute Gasteiger partial charge is 0.292 e. The Morgan fingerprint density at radius 1 is 1.04 bits per heavy atom. The molecule has 0 aliphatic heterocycles. The third-order valence-corrected chi connectivity index (χ3v) is 4.52. The van der Waals surface area contributed by atoms with E-state index in [1.54, 1.807) is 30.0 Å². The molecule has 2 aromatic carbocycles. The van der Waals surface area contributed by atoms with Crippen LogP contribution in [0.4, 0.5) is 11.4 Å². The van der Waals surface area contributed by atoms with Crippen molar-refractivity contribution in [3.63, 3.8) is 0 Å². The highest BCUT2D eigenvalue weighted by atomic mass is 32.2. The molecule has 132 valence electrons. The maximum atomic E-state index is 11.8. The lowest BCUT2D eigenvalue weighted by Crippen LogP contribution is -2.26. The van der Waals surface area contributed by atoms with Gasteiger partial charge < -0.3 is 10.6 Å². The van der Waals surface area contributed by atoms with E-state index in [2.05, 4.69) is 22.8 Å². The predicted molar refractivity (Wildman–Crippen MR) is 101 cm³/mol. The molecule has 0 radical (unpaired) electrons. The number of amides is 1. The Bertz CT molecular complexity index is 695. The van der Waals surface area contributed by atoms with Gasteiger partial charge in [-0.3, -0.25) is 14.9 Å². The van der Waals surface area contributed by atoms with Gasteiger partial charge in [0.2, 0.25) is 5.91 Å². The Hall–Kier alpha value is -2.54. The first-order chi connectivity index (χ1) is 12.2. The van der Waals surface area contributed by atoms with Crippen LogP contribution in [0.3, 0.4) is 0 Å². The Morgan fingerprint density at radius 2 is 1.76 bits per heavy atom. The first kappa shape index (κ1) is 18.8. The number of carbonyl (C=O) groups is 1. The summed E-state index contributed by atoms with van der Waals surface area (Å²) in [5, 5.41) is 16.7. The van der Waals surface area contributed by atoms with E-state index in [0.29, 0.717) is 18.8 Å². The van der Waals surface area contributed by atoms with E-state index in [4.69, 9.17) is 0 Å². The summed E-state index contributed by atoms with van der Waals surface area (Å²) >= 11 is 1.76. The lowest BCUT2D eigenvalue weighted by Gasteiger charge is -2.08. The maximum absolute atomic E-state index is 11.8. The number of nitro benzene ring substituents is 1. The molecule has 0 aliphatic rings. The minimum Gasteiger partial charge on any atom is -0.379 e. The fraction of sp³-hybridized carbons (Fsp3) is 0.278. The number of hydrogen-bond donors (Lipinski definition) is 2. The van der Waals surface area contributed by atoms with Gasteiger partial charge in [0.25, 0.3) is 5.69 Å². The lowest BCUT2D eigenvalue weighted by molar-refractivity contribution is -0.384. The zero-order valence-corrected chi connectivity index (χ0v) is 14.6. The standard InChI is InChI=1S/C18H21N3O3S/c22-18(20-12-6-14-25-15-7-2-1-3-8-15)11-13-19-16-9-4-5-10-17(16)21(23)24/h1-5,7-10,19H,6,11-14H2,(H,20,22). The largest absolute Gasteiger partial charge is 0.379 e. The highest BCUT2D eigenvalue weighted by Crippen LogP contribution is 2.22. The van der Waals surface area contributed by atoms with Crippen molar-refractivity contribution < 1.29 is 9.72 Å². The van der Waals surface area contributed by atoms with Crippen molar-refractivity contribution in [2.45, 2.75) is 17.7 Å². The van der Waals surface area contributed by atoms with E-state index in [9.17, 15) is 14.9 Å². The number of para-hydroxylation sites is 2. The summed E-state index contributed by atoms with van der Waals surface area (Å²) in [4.78, 5) is 23.5. The Morgan fingerprint density at radius 3 is 2.52 bits per heavy atom. The van der Waals surface area contributed by atoms with Crippen molar-refractivity contribution >= 4 is 29.0 Å². The van der Waals surface area contributed by atoms with Gasteiger partial charge in [-0.05, 0) is 30.4 Å². The van der Waals surface area contributed by atoms with Crippen LogP contribution in [0.25, 0.3) is 0 Å². The number of thioether (sulfide) groups is 1. The molecule has 0 aromatic heterocycles.